The number of imidazole rings is 1. The molecule has 0 bridgehead atoms. The van der Waals surface area contributed by atoms with Gasteiger partial charge in [0.25, 0.3) is 11.7 Å². The molecule has 0 radical (unpaired) electrons. The lowest BCUT2D eigenvalue weighted by Crippen LogP contribution is -2.31. The van der Waals surface area contributed by atoms with Crippen molar-refractivity contribution in [1.29, 1.82) is 0 Å². The van der Waals surface area contributed by atoms with E-state index in [0.717, 1.165) is 0 Å². The lowest BCUT2D eigenvalue weighted by molar-refractivity contribution is -0.139. The van der Waals surface area contributed by atoms with Crippen molar-refractivity contribution in [1.82, 2.24) is 19.4 Å². The number of hydrogen-bond acceptors (Lipinski definition) is 6. The van der Waals surface area contributed by atoms with Crippen molar-refractivity contribution in [2.24, 2.45) is 0 Å². The van der Waals surface area contributed by atoms with Gasteiger partial charge in [-0.3, -0.25) is 14.6 Å². The molecule has 0 spiro atoms. The summed E-state index contributed by atoms with van der Waals surface area (Å²) in [6.45, 7) is 0.941. The SMILES string of the molecule is COc1ccc(Cl)cc1C(O)=C1C(=O)C(=O)N(CCCn2ccnc2)[C@H]1c1cccnc1. The van der Waals surface area contributed by atoms with E-state index in [1.54, 1.807) is 49.2 Å². The number of hydrogen-bond donors (Lipinski definition) is 1. The third-order valence-electron chi connectivity index (χ3n) is 5.33. The van der Waals surface area contributed by atoms with Crippen molar-refractivity contribution >= 4 is 29.1 Å². The van der Waals surface area contributed by atoms with Crippen LogP contribution in [-0.2, 0) is 16.1 Å². The van der Waals surface area contributed by atoms with Gasteiger partial charge in [0.2, 0.25) is 0 Å². The van der Waals surface area contributed by atoms with Crippen molar-refractivity contribution in [3.8, 4) is 5.75 Å². The molecule has 1 aromatic carbocycles. The molecule has 32 heavy (non-hydrogen) atoms. The summed E-state index contributed by atoms with van der Waals surface area (Å²) >= 11 is 6.12. The number of carbonyl (C=O) groups is 2. The smallest absolute Gasteiger partial charge is 0.295 e. The van der Waals surface area contributed by atoms with E-state index in [1.165, 1.54) is 18.1 Å². The second-order valence-electron chi connectivity index (χ2n) is 7.28. The monoisotopic (exact) mass is 452 g/mol. The van der Waals surface area contributed by atoms with E-state index < -0.39 is 17.7 Å². The Labute approximate surface area is 189 Å². The number of aliphatic hydroxyl groups is 1. The van der Waals surface area contributed by atoms with Crippen LogP contribution in [0, 0.1) is 0 Å². The molecular weight excluding hydrogens is 432 g/mol. The number of halogens is 1. The molecule has 9 heteroatoms. The zero-order chi connectivity index (χ0) is 22.7. The van der Waals surface area contributed by atoms with Gasteiger partial charge in [-0.15, -0.1) is 0 Å². The van der Waals surface area contributed by atoms with Crippen LogP contribution in [-0.4, -0.2) is 49.9 Å². The number of aliphatic hydroxyl groups excluding tert-OH is 1. The fourth-order valence-electron chi connectivity index (χ4n) is 3.85. The molecule has 1 atom stereocenters. The number of aryl methyl sites for hydroxylation is 1. The van der Waals surface area contributed by atoms with Crippen LogP contribution >= 0.6 is 11.6 Å². The molecule has 3 aromatic rings. The first-order valence-corrected chi connectivity index (χ1v) is 10.4. The Morgan fingerprint density at radius 2 is 2.03 bits per heavy atom. The van der Waals surface area contributed by atoms with Crippen LogP contribution in [0.25, 0.3) is 5.76 Å². The van der Waals surface area contributed by atoms with Gasteiger partial charge in [-0.25, -0.2) is 4.98 Å². The van der Waals surface area contributed by atoms with E-state index in [-0.39, 0.29) is 16.9 Å². The van der Waals surface area contributed by atoms with Crippen molar-refractivity contribution < 1.29 is 19.4 Å². The number of methoxy groups -OCH3 is 1. The maximum Gasteiger partial charge on any atom is 0.295 e. The van der Waals surface area contributed by atoms with Crippen LogP contribution in [0.1, 0.15) is 23.6 Å². The summed E-state index contributed by atoms with van der Waals surface area (Å²) in [6.07, 6.45) is 8.99. The van der Waals surface area contributed by atoms with E-state index in [4.69, 9.17) is 16.3 Å². The molecule has 0 saturated carbocycles. The minimum absolute atomic E-state index is 0.0220. The predicted molar refractivity (Wildman–Crippen MR) is 118 cm³/mol. The number of nitrogens with zero attached hydrogens (tertiary/aromatic N) is 4. The van der Waals surface area contributed by atoms with Crippen LogP contribution in [0.2, 0.25) is 5.02 Å². The largest absolute Gasteiger partial charge is 0.507 e. The minimum atomic E-state index is -0.782. The molecule has 8 nitrogen and oxygen atoms in total. The average molecular weight is 453 g/mol. The van der Waals surface area contributed by atoms with Crippen molar-refractivity contribution in [2.75, 3.05) is 13.7 Å². The topological polar surface area (TPSA) is 97.6 Å². The molecule has 3 heterocycles. The fourth-order valence-corrected chi connectivity index (χ4v) is 4.02. The first kappa shape index (κ1) is 21.6. The zero-order valence-electron chi connectivity index (χ0n) is 17.3. The Bertz CT molecular complexity index is 1160. The summed E-state index contributed by atoms with van der Waals surface area (Å²) in [4.78, 5) is 35.7. The summed E-state index contributed by atoms with van der Waals surface area (Å²) in [5.41, 5.74) is 0.841. The Balaban J connectivity index is 1.76. The molecule has 1 aliphatic rings. The van der Waals surface area contributed by atoms with Crippen molar-refractivity contribution in [3.05, 3.63) is 83.2 Å². The summed E-state index contributed by atoms with van der Waals surface area (Å²) < 4.78 is 7.23. The molecule has 1 amide bonds. The van der Waals surface area contributed by atoms with Crippen LogP contribution < -0.4 is 4.74 Å². The standard InChI is InChI=1S/C23H21ClN4O4/c1-32-18-6-5-16(24)12-17(18)21(29)19-20(15-4-2-7-25-13-15)28(23(31)22(19)30)10-3-9-27-11-8-26-14-27/h2,4-8,11-14,20,29H,3,9-10H2,1H3/t20-/m0/s1. The average Bonchev–Trinajstić information content (AvgIpc) is 3.41. The lowest BCUT2D eigenvalue weighted by Gasteiger charge is -2.25. The zero-order valence-corrected chi connectivity index (χ0v) is 18.1. The van der Waals surface area contributed by atoms with Crippen LogP contribution in [0.5, 0.6) is 5.75 Å². The summed E-state index contributed by atoms with van der Waals surface area (Å²) in [5, 5.41) is 11.5. The summed E-state index contributed by atoms with van der Waals surface area (Å²) in [6, 6.07) is 7.43. The van der Waals surface area contributed by atoms with Crippen molar-refractivity contribution in [3.63, 3.8) is 0 Å². The molecule has 1 fully saturated rings. The maximum atomic E-state index is 13.1. The van der Waals surface area contributed by atoms with Gasteiger partial charge < -0.3 is 19.3 Å². The molecule has 0 unspecified atom stereocenters. The normalized spacial score (nSPS) is 17.7. The number of benzene rings is 1. The third kappa shape index (κ3) is 4.09. The van der Waals surface area contributed by atoms with Gasteiger partial charge in [-0.1, -0.05) is 17.7 Å². The first-order chi connectivity index (χ1) is 15.5. The molecule has 1 N–H and O–H groups in total. The Morgan fingerprint density at radius 3 is 2.72 bits per heavy atom. The van der Waals surface area contributed by atoms with Crippen LogP contribution in [0.3, 0.4) is 0 Å². The third-order valence-corrected chi connectivity index (χ3v) is 5.57. The van der Waals surface area contributed by atoms with Crippen molar-refractivity contribution in [2.45, 2.75) is 19.0 Å². The van der Waals surface area contributed by atoms with Gasteiger partial charge in [0.05, 0.1) is 30.6 Å². The molecular formula is C23H21ClN4O4. The molecule has 1 saturated heterocycles. The van der Waals surface area contributed by atoms with Gasteiger partial charge >= 0.3 is 0 Å². The number of rotatable bonds is 7. The Hall–Kier alpha value is -3.65. The number of aromatic nitrogens is 3. The quantitative estimate of drug-likeness (QED) is 0.335. The molecule has 164 valence electrons. The molecule has 2 aromatic heterocycles. The number of amides is 1. The van der Waals surface area contributed by atoms with E-state index in [1.807, 2.05) is 10.8 Å². The van der Waals surface area contributed by atoms with Gasteiger partial charge in [-0.05, 0) is 36.2 Å². The van der Waals surface area contributed by atoms with E-state index >= 15 is 0 Å². The molecule has 4 rings (SSSR count). The molecule has 1 aliphatic heterocycles. The van der Waals surface area contributed by atoms with Gasteiger partial charge in [0.1, 0.15) is 11.5 Å². The lowest BCUT2D eigenvalue weighted by atomic mass is 9.96. The van der Waals surface area contributed by atoms with Gasteiger partial charge in [0.15, 0.2) is 0 Å². The van der Waals surface area contributed by atoms with E-state index in [9.17, 15) is 14.7 Å². The van der Waals surface area contributed by atoms with Gasteiger partial charge in [-0.2, -0.15) is 0 Å². The van der Waals surface area contributed by atoms with Gasteiger partial charge in [0, 0.05) is 42.9 Å². The fraction of sp³-hybridized carbons (Fsp3) is 0.217. The predicted octanol–water partition coefficient (Wildman–Crippen LogP) is 3.45. The highest BCUT2D eigenvalue weighted by atomic mass is 35.5. The second kappa shape index (κ2) is 9.23. The molecule has 0 aliphatic carbocycles. The number of likely N-dealkylation sites (tertiary alicyclic amines) is 1. The number of ether oxygens (including phenoxy) is 1. The number of pyridine rings is 1. The number of carbonyl (C=O) groups excluding carboxylic acids is 2. The van der Waals surface area contributed by atoms with Crippen LogP contribution in [0.15, 0.2) is 67.0 Å². The first-order valence-electron chi connectivity index (χ1n) is 9.99. The van der Waals surface area contributed by atoms with E-state index in [2.05, 4.69) is 9.97 Å². The second-order valence-corrected chi connectivity index (χ2v) is 7.71. The number of ketones is 1. The summed E-state index contributed by atoms with van der Waals surface area (Å²) in [5.74, 6) is -1.44. The summed E-state index contributed by atoms with van der Waals surface area (Å²) in [7, 11) is 1.45. The van der Waals surface area contributed by atoms with E-state index in [0.29, 0.717) is 35.8 Å². The van der Waals surface area contributed by atoms with Crippen LogP contribution in [0.4, 0.5) is 0 Å². The Morgan fingerprint density at radius 1 is 1.19 bits per heavy atom. The maximum absolute atomic E-state index is 13.1. The Kier molecular flexibility index (Phi) is 6.23. The highest BCUT2D eigenvalue weighted by Gasteiger charge is 2.46. The highest BCUT2D eigenvalue weighted by Crippen LogP contribution is 2.41. The highest BCUT2D eigenvalue weighted by molar-refractivity contribution is 6.46. The minimum Gasteiger partial charge on any atom is -0.507 e. The number of Topliss-reactive ketones (excluding diaryl/α,β-unsaturated/α-hetero) is 1.